The fourth-order valence-electron chi connectivity index (χ4n) is 2.36. The summed E-state index contributed by atoms with van der Waals surface area (Å²) in [6.07, 6.45) is 4.48. The van der Waals surface area contributed by atoms with Crippen molar-refractivity contribution in [3.63, 3.8) is 0 Å². The number of furan rings is 1. The zero-order valence-corrected chi connectivity index (χ0v) is 12.5. The normalized spacial score (nSPS) is 14.7. The number of aromatic nitrogens is 3. The number of aryl methyl sites for hydroxylation is 1. The monoisotopic (exact) mass is 338 g/mol. The van der Waals surface area contributed by atoms with Crippen molar-refractivity contribution in [2.24, 2.45) is 0 Å². The van der Waals surface area contributed by atoms with Gasteiger partial charge in [0.2, 0.25) is 0 Å². The molecule has 6 nitrogen and oxygen atoms in total. The molecule has 0 radical (unpaired) electrons. The number of carbonyl (C=O) groups excluding carboxylic acids is 1. The molecule has 0 spiro atoms. The molecule has 20 heavy (non-hydrogen) atoms. The van der Waals surface area contributed by atoms with E-state index in [9.17, 15) is 4.79 Å². The molecule has 0 unspecified atom stereocenters. The Labute approximate surface area is 124 Å². The number of carbonyl (C=O) groups is 1. The summed E-state index contributed by atoms with van der Waals surface area (Å²) in [7, 11) is 0. The van der Waals surface area contributed by atoms with Gasteiger partial charge in [0.25, 0.3) is 5.91 Å². The maximum Gasteiger partial charge on any atom is 0.287 e. The Hall–Kier alpha value is -1.63. The van der Waals surface area contributed by atoms with E-state index in [-0.39, 0.29) is 11.7 Å². The predicted molar refractivity (Wildman–Crippen MR) is 75.2 cm³/mol. The molecule has 0 bridgehead atoms. The molecule has 0 aromatic carbocycles. The molecule has 1 aliphatic heterocycles. The lowest BCUT2D eigenvalue weighted by molar-refractivity contribution is 0.0920. The van der Waals surface area contributed by atoms with E-state index in [0.717, 1.165) is 37.5 Å². The maximum atomic E-state index is 11.9. The fraction of sp³-hybridized carbons (Fsp3) is 0.462. The van der Waals surface area contributed by atoms with Crippen molar-refractivity contribution in [1.29, 1.82) is 0 Å². The van der Waals surface area contributed by atoms with Crippen LogP contribution >= 0.6 is 15.9 Å². The van der Waals surface area contributed by atoms with Gasteiger partial charge in [-0.25, -0.2) is 0 Å². The summed E-state index contributed by atoms with van der Waals surface area (Å²) < 4.78 is 7.87. The Bertz CT molecular complexity index is 620. The molecule has 2 aromatic rings. The van der Waals surface area contributed by atoms with Gasteiger partial charge in [0, 0.05) is 13.0 Å². The molecule has 7 heteroatoms. The molecule has 2 aromatic heterocycles. The topological polar surface area (TPSA) is 73.0 Å². The van der Waals surface area contributed by atoms with Gasteiger partial charge in [0.05, 0.1) is 6.54 Å². The first kappa shape index (κ1) is 13.4. The number of halogens is 1. The number of nitrogens with zero attached hydrogens (tertiary/aromatic N) is 3. The molecule has 0 saturated heterocycles. The van der Waals surface area contributed by atoms with Crippen LogP contribution < -0.4 is 5.32 Å². The Morgan fingerprint density at radius 3 is 3.05 bits per heavy atom. The van der Waals surface area contributed by atoms with E-state index in [1.807, 2.05) is 0 Å². The van der Waals surface area contributed by atoms with Gasteiger partial charge in [-0.15, -0.1) is 10.2 Å². The minimum Gasteiger partial charge on any atom is -0.444 e. The third-order valence-electron chi connectivity index (χ3n) is 3.39. The molecule has 3 rings (SSSR count). The van der Waals surface area contributed by atoms with Crippen molar-refractivity contribution in [2.45, 2.75) is 38.8 Å². The van der Waals surface area contributed by atoms with Gasteiger partial charge in [-0.3, -0.25) is 4.79 Å². The van der Waals surface area contributed by atoms with Crippen LogP contribution in [0.2, 0.25) is 0 Å². The Morgan fingerprint density at radius 2 is 2.25 bits per heavy atom. The molecular formula is C13H15BrN4O2. The van der Waals surface area contributed by atoms with Crippen LogP contribution in [0.5, 0.6) is 0 Å². The number of hydrogen-bond donors (Lipinski definition) is 1. The largest absolute Gasteiger partial charge is 0.444 e. The highest BCUT2D eigenvalue weighted by atomic mass is 79.9. The van der Waals surface area contributed by atoms with Gasteiger partial charge < -0.3 is 14.3 Å². The average molecular weight is 339 g/mol. The molecule has 3 heterocycles. The predicted octanol–water partition coefficient (Wildman–Crippen LogP) is 2.29. The highest BCUT2D eigenvalue weighted by Gasteiger charge is 2.16. The first-order valence-corrected chi connectivity index (χ1v) is 7.48. The van der Waals surface area contributed by atoms with Crippen molar-refractivity contribution in [2.75, 3.05) is 0 Å². The van der Waals surface area contributed by atoms with Gasteiger partial charge in [-0.2, -0.15) is 0 Å². The van der Waals surface area contributed by atoms with Gasteiger partial charge in [0.15, 0.2) is 16.3 Å². The SMILES string of the molecule is O=C(NCc1nnc2n1CCCCC2)c1ccc(Br)o1. The molecule has 0 saturated carbocycles. The third-order valence-corrected chi connectivity index (χ3v) is 3.82. The Kier molecular flexibility index (Phi) is 3.86. The second-order valence-corrected chi connectivity index (χ2v) is 5.56. The summed E-state index contributed by atoms with van der Waals surface area (Å²) in [4.78, 5) is 11.9. The standard InChI is InChI=1S/C13H15BrN4O2/c14-10-6-5-9(20-10)13(19)15-8-12-17-16-11-4-2-1-3-7-18(11)12/h5-6H,1-4,7-8H2,(H,15,19). The average Bonchev–Trinajstić information content (AvgIpc) is 2.96. The van der Waals surface area contributed by atoms with Crippen LogP contribution in [-0.4, -0.2) is 20.7 Å². The van der Waals surface area contributed by atoms with E-state index in [1.54, 1.807) is 12.1 Å². The van der Waals surface area contributed by atoms with Crippen molar-refractivity contribution in [3.05, 3.63) is 34.2 Å². The minimum atomic E-state index is -0.248. The summed E-state index contributed by atoms with van der Waals surface area (Å²) in [6.45, 7) is 1.30. The van der Waals surface area contributed by atoms with Crippen LogP contribution in [0.1, 0.15) is 41.5 Å². The van der Waals surface area contributed by atoms with E-state index in [4.69, 9.17) is 4.42 Å². The summed E-state index contributed by atoms with van der Waals surface area (Å²) >= 11 is 3.18. The highest BCUT2D eigenvalue weighted by Crippen LogP contribution is 2.15. The molecule has 0 fully saturated rings. The number of amides is 1. The lowest BCUT2D eigenvalue weighted by Crippen LogP contribution is -2.24. The summed E-state index contributed by atoms with van der Waals surface area (Å²) in [6, 6.07) is 3.32. The van der Waals surface area contributed by atoms with Crippen molar-refractivity contribution < 1.29 is 9.21 Å². The molecule has 1 amide bonds. The van der Waals surface area contributed by atoms with Crippen LogP contribution in [-0.2, 0) is 19.5 Å². The summed E-state index contributed by atoms with van der Waals surface area (Å²) in [5.74, 6) is 1.86. The van der Waals surface area contributed by atoms with E-state index < -0.39 is 0 Å². The van der Waals surface area contributed by atoms with Crippen LogP contribution in [0, 0.1) is 0 Å². The van der Waals surface area contributed by atoms with Crippen LogP contribution in [0.25, 0.3) is 0 Å². The third kappa shape index (κ3) is 2.77. The van der Waals surface area contributed by atoms with Gasteiger partial charge in [-0.1, -0.05) is 6.42 Å². The van der Waals surface area contributed by atoms with Gasteiger partial charge in [-0.05, 0) is 40.9 Å². The Balaban J connectivity index is 1.67. The summed E-state index contributed by atoms with van der Waals surface area (Å²) in [5.41, 5.74) is 0. The second kappa shape index (κ2) is 5.78. The van der Waals surface area contributed by atoms with Crippen molar-refractivity contribution in [3.8, 4) is 0 Å². The molecule has 0 atom stereocenters. The van der Waals surface area contributed by atoms with E-state index in [1.165, 1.54) is 6.42 Å². The molecule has 1 aliphatic rings. The lowest BCUT2D eigenvalue weighted by atomic mass is 10.2. The Morgan fingerprint density at radius 1 is 1.35 bits per heavy atom. The first-order valence-electron chi connectivity index (χ1n) is 6.68. The van der Waals surface area contributed by atoms with Gasteiger partial charge >= 0.3 is 0 Å². The zero-order chi connectivity index (χ0) is 13.9. The van der Waals surface area contributed by atoms with E-state index in [2.05, 4.69) is 36.0 Å². The highest BCUT2D eigenvalue weighted by molar-refractivity contribution is 9.10. The molecule has 1 N–H and O–H groups in total. The molecule has 106 valence electrons. The van der Waals surface area contributed by atoms with E-state index >= 15 is 0 Å². The molecular weight excluding hydrogens is 324 g/mol. The van der Waals surface area contributed by atoms with Crippen LogP contribution in [0.15, 0.2) is 21.2 Å². The van der Waals surface area contributed by atoms with Crippen molar-refractivity contribution in [1.82, 2.24) is 20.1 Å². The van der Waals surface area contributed by atoms with Crippen LogP contribution in [0.4, 0.5) is 0 Å². The quantitative estimate of drug-likeness (QED) is 0.931. The van der Waals surface area contributed by atoms with Crippen LogP contribution in [0.3, 0.4) is 0 Å². The summed E-state index contributed by atoms with van der Waals surface area (Å²) in [5, 5.41) is 11.2. The number of nitrogens with one attached hydrogen (secondary N) is 1. The smallest absolute Gasteiger partial charge is 0.287 e. The van der Waals surface area contributed by atoms with Gasteiger partial charge in [0.1, 0.15) is 5.82 Å². The maximum absolute atomic E-state index is 11.9. The second-order valence-electron chi connectivity index (χ2n) is 4.78. The number of hydrogen-bond acceptors (Lipinski definition) is 4. The zero-order valence-electron chi connectivity index (χ0n) is 10.9. The fourth-order valence-corrected chi connectivity index (χ4v) is 2.67. The first-order chi connectivity index (χ1) is 9.74. The lowest BCUT2D eigenvalue weighted by Gasteiger charge is -2.07. The molecule has 0 aliphatic carbocycles. The minimum absolute atomic E-state index is 0.248. The van der Waals surface area contributed by atoms with Crippen molar-refractivity contribution >= 4 is 21.8 Å². The number of fused-ring (bicyclic) bond motifs is 1. The van der Waals surface area contributed by atoms with E-state index in [0.29, 0.717) is 11.2 Å². The number of rotatable bonds is 3.